The highest BCUT2D eigenvalue weighted by atomic mass is 79.9. The predicted octanol–water partition coefficient (Wildman–Crippen LogP) is 5.42. The van der Waals surface area contributed by atoms with E-state index in [-0.39, 0.29) is 6.04 Å². The zero-order valence-electron chi connectivity index (χ0n) is 11.0. The quantitative estimate of drug-likeness (QED) is 0.784. The van der Waals surface area contributed by atoms with Crippen LogP contribution in [0, 0.1) is 0 Å². The summed E-state index contributed by atoms with van der Waals surface area (Å²) in [4.78, 5) is 0. The average molecular weight is 343 g/mol. The van der Waals surface area contributed by atoms with Crippen LogP contribution >= 0.6 is 27.5 Å². The Morgan fingerprint density at radius 3 is 2.84 bits per heavy atom. The third-order valence-corrected chi connectivity index (χ3v) is 4.37. The Kier molecular flexibility index (Phi) is 5.08. The summed E-state index contributed by atoms with van der Waals surface area (Å²) in [5, 5.41) is 4.10. The van der Waals surface area contributed by atoms with Crippen LogP contribution in [0.15, 0.2) is 39.2 Å². The molecule has 0 fully saturated rings. The van der Waals surface area contributed by atoms with E-state index in [1.807, 2.05) is 30.3 Å². The van der Waals surface area contributed by atoms with Gasteiger partial charge in [-0.15, -0.1) is 0 Å². The topological polar surface area (TPSA) is 25.2 Å². The molecule has 0 aliphatic rings. The maximum Gasteiger partial charge on any atom is 0.135 e. The lowest BCUT2D eigenvalue weighted by Crippen LogP contribution is -2.18. The molecule has 0 saturated carbocycles. The van der Waals surface area contributed by atoms with Crippen LogP contribution in [0.1, 0.15) is 32.1 Å². The third kappa shape index (κ3) is 3.41. The number of rotatable bonds is 5. The predicted molar refractivity (Wildman–Crippen MR) is 83.6 cm³/mol. The van der Waals surface area contributed by atoms with Gasteiger partial charge in [0.15, 0.2) is 0 Å². The van der Waals surface area contributed by atoms with Crippen LogP contribution in [0.5, 0.6) is 0 Å². The van der Waals surface area contributed by atoms with Crippen LogP contribution in [0.25, 0.3) is 11.3 Å². The second-order valence-electron chi connectivity index (χ2n) is 4.48. The van der Waals surface area contributed by atoms with Gasteiger partial charge in [0.05, 0.1) is 11.1 Å². The molecule has 2 nitrogen and oxygen atoms in total. The largest absolute Gasteiger partial charge is 0.459 e. The molecule has 1 N–H and O–H groups in total. The van der Waals surface area contributed by atoms with Gasteiger partial charge in [0.2, 0.25) is 0 Å². The molecule has 102 valence electrons. The summed E-state index contributed by atoms with van der Waals surface area (Å²) < 4.78 is 6.78. The number of furan rings is 1. The molecule has 4 heteroatoms. The van der Waals surface area contributed by atoms with E-state index in [9.17, 15) is 0 Å². The normalized spacial score (nSPS) is 12.6. The first-order valence-electron chi connectivity index (χ1n) is 6.41. The van der Waals surface area contributed by atoms with Crippen LogP contribution < -0.4 is 5.32 Å². The molecule has 1 heterocycles. The van der Waals surface area contributed by atoms with Gasteiger partial charge < -0.3 is 9.73 Å². The van der Waals surface area contributed by atoms with Crippen LogP contribution in [-0.2, 0) is 0 Å². The lowest BCUT2D eigenvalue weighted by Gasteiger charge is -2.10. The second-order valence-corrected chi connectivity index (χ2v) is 5.68. The molecule has 1 unspecified atom stereocenters. The monoisotopic (exact) mass is 341 g/mol. The van der Waals surface area contributed by atoms with E-state index >= 15 is 0 Å². The van der Waals surface area contributed by atoms with Crippen molar-refractivity contribution in [1.82, 2.24) is 5.32 Å². The zero-order valence-corrected chi connectivity index (χ0v) is 13.4. The first-order valence-corrected chi connectivity index (χ1v) is 7.58. The van der Waals surface area contributed by atoms with Crippen LogP contribution in [0.4, 0.5) is 0 Å². The molecule has 1 aromatic heterocycles. The minimum absolute atomic E-state index is 0.214. The van der Waals surface area contributed by atoms with Crippen LogP contribution in [0.3, 0.4) is 0 Å². The van der Waals surface area contributed by atoms with Gasteiger partial charge in [-0.25, -0.2) is 0 Å². The fourth-order valence-electron chi connectivity index (χ4n) is 1.89. The van der Waals surface area contributed by atoms with Crippen molar-refractivity contribution in [2.24, 2.45) is 0 Å². The molecule has 0 saturated heterocycles. The van der Waals surface area contributed by atoms with Gasteiger partial charge in [-0.05, 0) is 60.1 Å². The maximum absolute atomic E-state index is 6.10. The molecule has 0 bridgehead atoms. The molecule has 0 spiro atoms. The molecular formula is C15H17BrClNO. The van der Waals surface area contributed by atoms with Crippen molar-refractivity contribution >= 4 is 27.5 Å². The van der Waals surface area contributed by atoms with E-state index in [2.05, 4.69) is 35.1 Å². The summed E-state index contributed by atoms with van der Waals surface area (Å²) in [5.41, 5.74) is 0.974. The fraction of sp³-hybridized carbons (Fsp3) is 0.333. The highest BCUT2D eigenvalue weighted by molar-refractivity contribution is 9.10. The number of hydrogen-bond donors (Lipinski definition) is 1. The summed E-state index contributed by atoms with van der Waals surface area (Å²) in [6, 6.07) is 9.97. The van der Waals surface area contributed by atoms with Gasteiger partial charge in [-0.3, -0.25) is 0 Å². The minimum Gasteiger partial charge on any atom is -0.459 e. The number of benzene rings is 1. The van der Waals surface area contributed by atoms with E-state index in [1.54, 1.807) is 0 Å². The van der Waals surface area contributed by atoms with Gasteiger partial charge in [0.1, 0.15) is 11.5 Å². The van der Waals surface area contributed by atoms with E-state index in [1.165, 1.54) is 0 Å². The minimum atomic E-state index is 0.214. The highest BCUT2D eigenvalue weighted by Gasteiger charge is 2.13. The molecule has 0 aliphatic carbocycles. The van der Waals surface area contributed by atoms with Crippen LogP contribution in [0.2, 0.25) is 5.02 Å². The molecule has 2 rings (SSSR count). The molecule has 2 aromatic rings. The maximum atomic E-state index is 6.10. The summed E-state index contributed by atoms with van der Waals surface area (Å²) >= 11 is 9.60. The highest BCUT2D eigenvalue weighted by Crippen LogP contribution is 2.35. The second kappa shape index (κ2) is 6.60. The van der Waals surface area contributed by atoms with Crippen molar-refractivity contribution in [3.63, 3.8) is 0 Å². The van der Waals surface area contributed by atoms with Crippen molar-refractivity contribution in [2.45, 2.75) is 26.3 Å². The van der Waals surface area contributed by atoms with Crippen molar-refractivity contribution in [2.75, 3.05) is 6.54 Å². The Morgan fingerprint density at radius 1 is 1.32 bits per heavy atom. The summed E-state index contributed by atoms with van der Waals surface area (Å²) in [7, 11) is 0. The Hall–Kier alpha value is -0.770. The van der Waals surface area contributed by atoms with Crippen molar-refractivity contribution in [1.29, 1.82) is 0 Å². The standard InChI is InChI=1S/C15H17BrClNO/c1-3-9-18-10(2)13-7-8-14(19-13)11-5-4-6-12(17)15(11)16/h4-8,10,18H,3,9H2,1-2H3. The fourth-order valence-corrected chi connectivity index (χ4v) is 2.52. The molecule has 0 radical (unpaired) electrons. The number of nitrogens with one attached hydrogen (secondary N) is 1. The molecular weight excluding hydrogens is 326 g/mol. The van der Waals surface area contributed by atoms with Crippen molar-refractivity contribution < 1.29 is 4.42 Å². The average Bonchev–Trinajstić information content (AvgIpc) is 2.88. The third-order valence-electron chi connectivity index (χ3n) is 2.97. The van der Waals surface area contributed by atoms with E-state index in [0.717, 1.165) is 34.5 Å². The molecule has 0 aliphatic heterocycles. The summed E-state index contributed by atoms with van der Waals surface area (Å²) in [6.45, 7) is 5.24. The summed E-state index contributed by atoms with van der Waals surface area (Å²) in [5.74, 6) is 1.77. The van der Waals surface area contributed by atoms with Gasteiger partial charge in [0, 0.05) is 10.0 Å². The van der Waals surface area contributed by atoms with E-state index in [0.29, 0.717) is 5.02 Å². The Morgan fingerprint density at radius 2 is 2.11 bits per heavy atom. The van der Waals surface area contributed by atoms with Gasteiger partial charge in [-0.1, -0.05) is 24.6 Å². The smallest absolute Gasteiger partial charge is 0.135 e. The zero-order chi connectivity index (χ0) is 13.8. The van der Waals surface area contributed by atoms with E-state index < -0.39 is 0 Å². The molecule has 19 heavy (non-hydrogen) atoms. The van der Waals surface area contributed by atoms with Gasteiger partial charge in [0.25, 0.3) is 0 Å². The Bertz CT molecular complexity index is 553. The first-order chi connectivity index (χ1) is 9.13. The lowest BCUT2D eigenvalue weighted by atomic mass is 10.2. The first kappa shape index (κ1) is 14.6. The number of hydrogen-bond acceptors (Lipinski definition) is 2. The SMILES string of the molecule is CCCNC(C)c1ccc(-c2cccc(Cl)c2Br)o1. The lowest BCUT2D eigenvalue weighted by molar-refractivity contribution is 0.438. The number of halogens is 2. The van der Waals surface area contributed by atoms with E-state index in [4.69, 9.17) is 16.0 Å². The van der Waals surface area contributed by atoms with Gasteiger partial charge in [-0.2, -0.15) is 0 Å². The molecule has 1 atom stereocenters. The van der Waals surface area contributed by atoms with Gasteiger partial charge >= 0.3 is 0 Å². The van der Waals surface area contributed by atoms with Crippen molar-refractivity contribution in [3.8, 4) is 11.3 Å². The van der Waals surface area contributed by atoms with Crippen molar-refractivity contribution in [3.05, 3.63) is 45.6 Å². The summed E-state index contributed by atoms with van der Waals surface area (Å²) in [6.07, 6.45) is 1.11. The Balaban J connectivity index is 2.23. The molecule has 0 amide bonds. The Labute approximate surface area is 127 Å². The van der Waals surface area contributed by atoms with Crippen LogP contribution in [-0.4, -0.2) is 6.54 Å². The molecule has 1 aromatic carbocycles.